The van der Waals surface area contributed by atoms with E-state index in [0.29, 0.717) is 6.61 Å². The van der Waals surface area contributed by atoms with Crippen molar-refractivity contribution in [1.82, 2.24) is 0 Å². The highest BCUT2D eigenvalue weighted by Gasteiger charge is 2.09. The molecule has 0 unspecified atom stereocenters. The predicted octanol–water partition coefficient (Wildman–Crippen LogP) is 1.68. The van der Waals surface area contributed by atoms with Crippen LogP contribution in [0.4, 0.5) is 10.1 Å². The fourth-order valence-electron chi connectivity index (χ4n) is 0.973. The topological polar surface area (TPSA) is 21.3 Å². The summed E-state index contributed by atoms with van der Waals surface area (Å²) in [6.07, 6.45) is 0. The molecule has 3 heteroatoms. The lowest BCUT2D eigenvalue weighted by Crippen LogP contribution is -1.86. The summed E-state index contributed by atoms with van der Waals surface area (Å²) in [7, 11) is 0. The quantitative estimate of drug-likeness (QED) is 0.590. The number of nitrogens with one attached hydrogen (secondary N) is 1. The van der Waals surface area contributed by atoms with Gasteiger partial charge in [0.15, 0.2) is 0 Å². The van der Waals surface area contributed by atoms with Crippen LogP contribution in [0.1, 0.15) is 5.56 Å². The van der Waals surface area contributed by atoms with Crippen LogP contribution in [0, 0.1) is 5.82 Å². The highest BCUT2D eigenvalue weighted by atomic mass is 19.1. The zero-order valence-electron chi connectivity index (χ0n) is 5.23. The van der Waals surface area contributed by atoms with Crippen LogP contribution in [0.15, 0.2) is 18.2 Å². The monoisotopic (exact) mass is 139 g/mol. The summed E-state index contributed by atoms with van der Waals surface area (Å²) in [6.45, 7) is 0.451. The van der Waals surface area contributed by atoms with E-state index < -0.39 is 0 Å². The Balaban J connectivity index is 2.52. The molecule has 0 atom stereocenters. The van der Waals surface area contributed by atoms with Gasteiger partial charge >= 0.3 is 0 Å². The summed E-state index contributed by atoms with van der Waals surface area (Å²) < 4.78 is 12.5. The number of fused-ring (bicyclic) bond motifs is 1. The first-order valence-corrected chi connectivity index (χ1v) is 3.02. The van der Waals surface area contributed by atoms with E-state index in [1.165, 1.54) is 12.1 Å². The molecule has 0 aliphatic carbocycles. The fourth-order valence-corrected chi connectivity index (χ4v) is 0.973. The van der Waals surface area contributed by atoms with E-state index in [1.807, 2.05) is 0 Å². The van der Waals surface area contributed by atoms with Gasteiger partial charge in [-0.05, 0) is 18.2 Å². The van der Waals surface area contributed by atoms with E-state index in [0.717, 1.165) is 11.3 Å². The average Bonchev–Trinajstić information content (AvgIpc) is 2.33. The van der Waals surface area contributed by atoms with Gasteiger partial charge in [-0.3, -0.25) is 10.3 Å². The van der Waals surface area contributed by atoms with Gasteiger partial charge in [-0.2, -0.15) is 0 Å². The molecule has 2 nitrogen and oxygen atoms in total. The summed E-state index contributed by atoms with van der Waals surface area (Å²) in [6, 6.07) is 4.54. The number of hydrogen-bond acceptors (Lipinski definition) is 2. The molecule has 0 fully saturated rings. The first-order valence-electron chi connectivity index (χ1n) is 3.02. The molecule has 0 bridgehead atoms. The molecule has 1 N–H and O–H groups in total. The van der Waals surface area contributed by atoms with Crippen molar-refractivity contribution in [3.05, 3.63) is 29.6 Å². The van der Waals surface area contributed by atoms with Gasteiger partial charge in [0, 0.05) is 5.56 Å². The lowest BCUT2D eigenvalue weighted by Gasteiger charge is -1.93. The molecular formula is C7H6FNO. The number of rotatable bonds is 0. The zero-order valence-corrected chi connectivity index (χ0v) is 5.23. The second-order valence-corrected chi connectivity index (χ2v) is 2.19. The van der Waals surface area contributed by atoms with Gasteiger partial charge in [-0.15, -0.1) is 0 Å². The summed E-state index contributed by atoms with van der Waals surface area (Å²) in [5, 5.41) is 0. The lowest BCUT2D eigenvalue weighted by molar-refractivity contribution is 0.202. The molecule has 1 aromatic carbocycles. The Kier molecular flexibility index (Phi) is 1.11. The van der Waals surface area contributed by atoms with Gasteiger partial charge in [0.05, 0.1) is 5.69 Å². The molecule has 0 saturated carbocycles. The average molecular weight is 139 g/mol. The Labute approximate surface area is 57.6 Å². The first kappa shape index (κ1) is 5.68. The second-order valence-electron chi connectivity index (χ2n) is 2.19. The third-order valence-corrected chi connectivity index (χ3v) is 1.48. The third-order valence-electron chi connectivity index (χ3n) is 1.48. The Hall–Kier alpha value is -1.09. The van der Waals surface area contributed by atoms with E-state index in [1.54, 1.807) is 6.07 Å². The van der Waals surface area contributed by atoms with Crippen molar-refractivity contribution in [1.29, 1.82) is 0 Å². The standard InChI is InChI=1S/C7H6FNO/c8-6-1-2-7-5(3-6)4-10-9-7/h1-3,9H,4H2. The molecule has 0 spiro atoms. The predicted molar refractivity (Wildman–Crippen MR) is 34.8 cm³/mol. The molecule has 0 saturated heterocycles. The second kappa shape index (κ2) is 1.95. The number of anilines is 1. The van der Waals surface area contributed by atoms with Gasteiger partial charge in [0.2, 0.25) is 0 Å². The van der Waals surface area contributed by atoms with Crippen molar-refractivity contribution in [3.63, 3.8) is 0 Å². The molecule has 0 radical (unpaired) electrons. The Morgan fingerprint density at radius 2 is 2.40 bits per heavy atom. The van der Waals surface area contributed by atoms with Gasteiger partial charge in [-0.1, -0.05) is 0 Å². The summed E-state index contributed by atoms with van der Waals surface area (Å²) in [5.41, 5.74) is 4.40. The molecular weight excluding hydrogens is 133 g/mol. The number of hydrogen-bond donors (Lipinski definition) is 1. The van der Waals surface area contributed by atoms with Gasteiger partial charge < -0.3 is 0 Å². The number of halogens is 1. The zero-order chi connectivity index (χ0) is 6.97. The van der Waals surface area contributed by atoms with E-state index in [2.05, 4.69) is 5.48 Å². The maximum absolute atomic E-state index is 12.5. The Morgan fingerprint density at radius 1 is 1.50 bits per heavy atom. The minimum absolute atomic E-state index is 0.217. The maximum atomic E-state index is 12.5. The Bertz CT molecular complexity index is 262. The summed E-state index contributed by atoms with van der Waals surface area (Å²) >= 11 is 0. The maximum Gasteiger partial charge on any atom is 0.123 e. The molecule has 0 aromatic heterocycles. The molecule has 1 aromatic rings. The first-order chi connectivity index (χ1) is 4.86. The van der Waals surface area contributed by atoms with Gasteiger partial charge in [0.25, 0.3) is 0 Å². The van der Waals surface area contributed by atoms with Gasteiger partial charge in [-0.25, -0.2) is 4.39 Å². The van der Waals surface area contributed by atoms with Crippen molar-refractivity contribution in [2.24, 2.45) is 0 Å². The van der Waals surface area contributed by atoms with E-state index in [-0.39, 0.29) is 5.82 Å². The normalized spacial score (nSPS) is 14.5. The van der Waals surface area contributed by atoms with Crippen LogP contribution in [-0.2, 0) is 11.4 Å². The molecule has 1 aliphatic rings. The third kappa shape index (κ3) is 0.752. The SMILES string of the molecule is Fc1ccc2c(c1)CON2. The van der Waals surface area contributed by atoms with Crippen LogP contribution in [-0.4, -0.2) is 0 Å². The summed E-state index contributed by atoms with van der Waals surface area (Å²) in [5.74, 6) is -0.217. The highest BCUT2D eigenvalue weighted by Crippen LogP contribution is 2.22. The van der Waals surface area contributed by atoms with Crippen LogP contribution < -0.4 is 5.48 Å². The van der Waals surface area contributed by atoms with E-state index in [9.17, 15) is 4.39 Å². The number of benzene rings is 1. The lowest BCUT2D eigenvalue weighted by atomic mass is 10.2. The van der Waals surface area contributed by atoms with Crippen LogP contribution in [0.25, 0.3) is 0 Å². The smallest absolute Gasteiger partial charge is 0.123 e. The van der Waals surface area contributed by atoms with Crippen LogP contribution in [0.5, 0.6) is 0 Å². The van der Waals surface area contributed by atoms with Crippen LogP contribution in [0.2, 0.25) is 0 Å². The van der Waals surface area contributed by atoms with Gasteiger partial charge in [0.1, 0.15) is 12.4 Å². The minimum atomic E-state index is -0.217. The highest BCUT2D eigenvalue weighted by molar-refractivity contribution is 5.51. The summed E-state index contributed by atoms with van der Waals surface area (Å²) in [4.78, 5) is 4.85. The molecule has 1 aliphatic heterocycles. The van der Waals surface area contributed by atoms with Crippen molar-refractivity contribution in [2.45, 2.75) is 6.61 Å². The Morgan fingerprint density at radius 3 is 3.30 bits per heavy atom. The van der Waals surface area contributed by atoms with Crippen molar-refractivity contribution >= 4 is 5.69 Å². The van der Waals surface area contributed by atoms with Crippen LogP contribution in [0.3, 0.4) is 0 Å². The van der Waals surface area contributed by atoms with Crippen molar-refractivity contribution in [2.75, 3.05) is 5.48 Å². The largest absolute Gasteiger partial charge is 0.271 e. The molecule has 10 heavy (non-hydrogen) atoms. The molecule has 1 heterocycles. The minimum Gasteiger partial charge on any atom is -0.271 e. The van der Waals surface area contributed by atoms with E-state index in [4.69, 9.17) is 4.84 Å². The van der Waals surface area contributed by atoms with Crippen molar-refractivity contribution < 1.29 is 9.23 Å². The van der Waals surface area contributed by atoms with Crippen LogP contribution >= 0.6 is 0 Å². The molecule has 52 valence electrons. The molecule has 2 rings (SSSR count). The fraction of sp³-hybridized carbons (Fsp3) is 0.143. The van der Waals surface area contributed by atoms with Crippen molar-refractivity contribution in [3.8, 4) is 0 Å². The molecule has 0 amide bonds. The van der Waals surface area contributed by atoms with E-state index >= 15 is 0 Å².